The third-order valence-corrected chi connectivity index (χ3v) is 13.0. The van der Waals surface area contributed by atoms with Gasteiger partial charge in [-0.2, -0.15) is 4.98 Å². The topological polar surface area (TPSA) is 184 Å². The normalized spacial score (nSPS) is 32.1. The lowest BCUT2D eigenvalue weighted by atomic mass is 9.61. The van der Waals surface area contributed by atoms with Crippen molar-refractivity contribution in [2.75, 3.05) is 11.9 Å². The quantitative estimate of drug-likeness (QED) is 0.0881. The van der Waals surface area contributed by atoms with Gasteiger partial charge < -0.3 is 35.0 Å². The van der Waals surface area contributed by atoms with Crippen molar-refractivity contribution in [3.05, 3.63) is 82.3 Å². The van der Waals surface area contributed by atoms with Crippen LogP contribution in [0.1, 0.15) is 125 Å². The van der Waals surface area contributed by atoms with Crippen LogP contribution in [0.2, 0.25) is 0 Å². The summed E-state index contributed by atoms with van der Waals surface area (Å²) in [4.78, 5) is 27.0. The molecule has 5 rings (SSSR count). The molecule has 1 aromatic heterocycles. The largest absolute Gasteiger partial charge is 0.449 e. The van der Waals surface area contributed by atoms with E-state index in [4.69, 9.17) is 9.47 Å². The van der Waals surface area contributed by atoms with Crippen molar-refractivity contribution in [2.45, 2.75) is 161 Å². The van der Waals surface area contributed by atoms with Crippen LogP contribution in [0.4, 0.5) is 15.0 Å². The van der Waals surface area contributed by atoms with Crippen LogP contribution in [-0.2, 0) is 9.47 Å². The Labute approximate surface area is 343 Å². The van der Waals surface area contributed by atoms with E-state index in [1.807, 2.05) is 32.9 Å². The zero-order chi connectivity index (χ0) is 42.8. The number of halogens is 1. The number of aromatic nitrogens is 2. The molecule has 0 spiro atoms. The number of anilines is 1. The molecular weight excluding hydrogens is 746 g/mol. The monoisotopic (exact) mass is 813 g/mol. The highest BCUT2D eigenvalue weighted by Crippen LogP contribution is 2.59. The van der Waals surface area contributed by atoms with Crippen molar-refractivity contribution >= 4 is 11.9 Å². The van der Waals surface area contributed by atoms with Crippen LogP contribution in [0.3, 0.4) is 0 Å². The molecule has 6 N–H and O–H groups in total. The number of carbonyl (C=O) groups excluding carboxylic acids is 1. The van der Waals surface area contributed by atoms with Crippen molar-refractivity contribution in [1.82, 2.24) is 9.55 Å². The average molecular weight is 814 g/mol. The van der Waals surface area contributed by atoms with Gasteiger partial charge in [-0.15, -0.1) is 0 Å². The maximum absolute atomic E-state index is 14.1. The third-order valence-electron chi connectivity index (χ3n) is 13.0. The van der Waals surface area contributed by atoms with Gasteiger partial charge in [-0.3, -0.25) is 9.88 Å². The number of nitrogens with one attached hydrogen (secondary N) is 1. The predicted molar refractivity (Wildman–Crippen MR) is 222 cm³/mol. The number of carbonyl (C=O) groups is 1. The summed E-state index contributed by atoms with van der Waals surface area (Å²) < 4.78 is 24.9. The van der Waals surface area contributed by atoms with E-state index in [9.17, 15) is 39.5 Å². The molecule has 10 atom stereocenters. The van der Waals surface area contributed by atoms with E-state index in [1.54, 1.807) is 0 Å². The standard InChI is InChI=1S/C30H46O3.C15H22FN3O6/c1-6-30(33,7-2)18-9-8-11-21(3)26-15-16-27-23(12-10-17-29(26,27)5)13-14-24-19-25(31)20-28(32)22(24)4;1-3-4-5-6-24-15(23)18-12-9(16)7-19(14(22)17-12)13-11(21)10(20)8(2)25-13/h8-9,11,13-14,18,21,25-28,31-33H,4,6-7,10,12,15-17,19-20H2,1-3,5H3;7-8,10-11,13,20-21H,3-6H2,1-2H3,(H,17,18,22,23)/b11-8+,18-9+,23-13+,24-14-;/t21-,25-,26-,27+,28+,29-;8-,10-,11-,13-/m11/s1. The molecule has 2 heterocycles. The van der Waals surface area contributed by atoms with Crippen molar-refractivity contribution < 1.29 is 44.2 Å². The van der Waals surface area contributed by atoms with Gasteiger partial charge in [0.1, 0.15) is 12.2 Å². The van der Waals surface area contributed by atoms with Gasteiger partial charge >= 0.3 is 11.8 Å². The summed E-state index contributed by atoms with van der Waals surface area (Å²) >= 11 is 0. The highest BCUT2D eigenvalue weighted by Gasteiger charge is 2.50. The molecule has 1 aromatic rings. The molecular formula is C45H68FN3O9. The Hall–Kier alpha value is -3.46. The van der Waals surface area contributed by atoms with Crippen LogP contribution in [-0.4, -0.2) is 83.9 Å². The number of rotatable bonds is 13. The first-order valence-corrected chi connectivity index (χ1v) is 21.3. The van der Waals surface area contributed by atoms with Gasteiger partial charge in [-0.1, -0.05) is 96.1 Å². The van der Waals surface area contributed by atoms with E-state index in [0.717, 1.165) is 54.0 Å². The molecule has 12 nitrogen and oxygen atoms in total. The second kappa shape index (κ2) is 21.2. The number of fused-ring (bicyclic) bond motifs is 1. The van der Waals surface area contributed by atoms with Crippen LogP contribution in [0.5, 0.6) is 0 Å². The Bertz CT molecular complexity index is 1740. The molecule has 58 heavy (non-hydrogen) atoms. The molecule has 1 aliphatic heterocycles. The van der Waals surface area contributed by atoms with Gasteiger partial charge in [0.2, 0.25) is 0 Å². The molecule has 13 heteroatoms. The lowest BCUT2D eigenvalue weighted by Gasteiger charge is -2.44. The summed E-state index contributed by atoms with van der Waals surface area (Å²) in [7, 11) is 0. The lowest BCUT2D eigenvalue weighted by molar-refractivity contribution is -0.0355. The van der Waals surface area contributed by atoms with Crippen LogP contribution < -0.4 is 11.0 Å². The van der Waals surface area contributed by atoms with Gasteiger partial charge in [0.05, 0.1) is 36.7 Å². The smallest absolute Gasteiger partial charge is 0.412 e. The summed E-state index contributed by atoms with van der Waals surface area (Å²) in [6, 6.07) is 0. The van der Waals surface area contributed by atoms with Gasteiger partial charge in [-0.25, -0.2) is 14.0 Å². The number of aliphatic hydroxyl groups is 5. The molecule has 0 aromatic carbocycles. The van der Waals surface area contributed by atoms with Crippen molar-refractivity contribution in [1.29, 1.82) is 0 Å². The molecule has 0 bridgehead atoms. The number of amides is 1. The SMILES string of the molecule is C=C1/C(=C\C=C2/CCC[C@]3(C)[C@@H]([C@H](C)/C=C/C=C/C(O)(CC)CC)CC[C@@H]23)C[C@@H](O)C[C@@H]1O.CCCCCOC(=O)Nc1nc(=O)n([C@@H]2O[C@H](C)[C@@H](O)[C@H]2O)cc1F. The first kappa shape index (κ1) is 47.2. The third kappa shape index (κ3) is 11.6. The molecule has 3 saturated carbocycles. The van der Waals surface area contributed by atoms with Crippen LogP contribution in [0.15, 0.2) is 70.7 Å². The maximum atomic E-state index is 14.1. The Kier molecular flexibility index (Phi) is 17.2. The number of allylic oxidation sites excluding steroid dienone is 6. The second-order valence-electron chi connectivity index (χ2n) is 16.9. The molecule has 0 radical (unpaired) electrons. The Balaban J connectivity index is 0.000000267. The first-order valence-electron chi connectivity index (χ1n) is 21.3. The number of hydrogen-bond acceptors (Lipinski definition) is 10. The van der Waals surface area contributed by atoms with E-state index in [1.165, 1.54) is 38.2 Å². The van der Waals surface area contributed by atoms with Gasteiger partial charge in [0.25, 0.3) is 0 Å². The zero-order valence-electron chi connectivity index (χ0n) is 35.3. The molecule has 3 aliphatic carbocycles. The van der Waals surface area contributed by atoms with Gasteiger partial charge in [0, 0.05) is 6.42 Å². The molecule has 1 saturated heterocycles. The molecule has 0 unspecified atom stereocenters. The predicted octanol–water partition coefficient (Wildman–Crippen LogP) is 7.19. The number of aliphatic hydroxyl groups excluding tert-OH is 4. The fourth-order valence-corrected chi connectivity index (χ4v) is 9.12. The molecule has 4 aliphatic rings. The number of hydrogen-bond donors (Lipinski definition) is 6. The Morgan fingerprint density at radius 2 is 1.88 bits per heavy atom. The molecule has 1 amide bonds. The number of unbranched alkanes of at least 4 members (excludes halogenated alkanes) is 2. The minimum atomic E-state index is -1.41. The van der Waals surface area contributed by atoms with Crippen molar-refractivity contribution in [2.24, 2.45) is 23.2 Å². The molecule has 324 valence electrons. The summed E-state index contributed by atoms with van der Waals surface area (Å²) in [5.74, 6) is 0.185. The summed E-state index contributed by atoms with van der Waals surface area (Å²) in [6.45, 7) is 16.6. The van der Waals surface area contributed by atoms with E-state index in [2.05, 4.69) is 55.0 Å². The average Bonchev–Trinajstić information content (AvgIpc) is 3.68. The van der Waals surface area contributed by atoms with Gasteiger partial charge in [0.15, 0.2) is 17.9 Å². The fourth-order valence-electron chi connectivity index (χ4n) is 9.12. The lowest BCUT2D eigenvalue weighted by Crippen LogP contribution is -2.36. The zero-order valence-corrected chi connectivity index (χ0v) is 35.3. The van der Waals surface area contributed by atoms with Crippen molar-refractivity contribution in [3.63, 3.8) is 0 Å². The highest BCUT2D eigenvalue weighted by molar-refractivity contribution is 5.83. The minimum absolute atomic E-state index is 0.177. The summed E-state index contributed by atoms with van der Waals surface area (Å²) in [5.41, 5.74) is 1.97. The minimum Gasteiger partial charge on any atom is -0.449 e. The Morgan fingerprint density at radius 1 is 1.16 bits per heavy atom. The number of ether oxygens (including phenoxy) is 2. The van der Waals surface area contributed by atoms with Crippen LogP contribution >= 0.6 is 0 Å². The van der Waals surface area contributed by atoms with Crippen LogP contribution in [0, 0.1) is 29.0 Å². The van der Waals surface area contributed by atoms with E-state index in [0.29, 0.717) is 42.4 Å². The van der Waals surface area contributed by atoms with Crippen LogP contribution in [0.25, 0.3) is 0 Å². The highest BCUT2D eigenvalue weighted by atomic mass is 19.1. The van der Waals surface area contributed by atoms with E-state index in [-0.39, 0.29) is 6.61 Å². The summed E-state index contributed by atoms with van der Waals surface area (Å²) in [6.07, 6.45) is 18.1. The van der Waals surface area contributed by atoms with E-state index >= 15 is 0 Å². The van der Waals surface area contributed by atoms with Gasteiger partial charge in [-0.05, 0) is 99.0 Å². The second-order valence-corrected chi connectivity index (χ2v) is 16.9. The maximum Gasteiger partial charge on any atom is 0.412 e. The van der Waals surface area contributed by atoms with Crippen molar-refractivity contribution in [3.8, 4) is 0 Å². The number of nitrogens with zero attached hydrogens (tertiary/aromatic N) is 2. The molecule has 4 fully saturated rings. The Morgan fingerprint density at radius 3 is 2.53 bits per heavy atom. The fraction of sp³-hybridized carbons (Fsp3) is 0.667. The first-order chi connectivity index (χ1) is 27.5. The van der Waals surface area contributed by atoms with E-state index < -0.39 is 65.8 Å². The summed E-state index contributed by atoms with van der Waals surface area (Å²) in [5, 5.41) is 52.3.